The van der Waals surface area contributed by atoms with E-state index in [-0.39, 0.29) is 6.61 Å². The molecule has 0 saturated carbocycles. The van der Waals surface area contributed by atoms with Crippen LogP contribution in [0.25, 0.3) is 0 Å². The first-order valence-electron chi connectivity index (χ1n) is 4.20. The van der Waals surface area contributed by atoms with Gasteiger partial charge in [0.25, 0.3) is 0 Å². The van der Waals surface area contributed by atoms with Crippen LogP contribution in [-0.2, 0) is 0 Å². The van der Waals surface area contributed by atoms with E-state index in [0.717, 1.165) is 6.42 Å². The van der Waals surface area contributed by atoms with Gasteiger partial charge in [-0.3, -0.25) is 0 Å². The summed E-state index contributed by atoms with van der Waals surface area (Å²) in [5.74, 6) is 0. The normalized spacial score (nSPS) is 31.4. The molecule has 1 rings (SSSR count). The first-order chi connectivity index (χ1) is 5.13. The van der Waals surface area contributed by atoms with Crippen molar-refractivity contribution in [2.24, 2.45) is 5.73 Å². The standard InChI is InChI=1S/C6H14N2.C2H6O/c1-5-6(7)3-4-8(5)2;1-2-3/h5-6H,3-4,7H2,1-2H3;3H,2H2,1H3. The van der Waals surface area contributed by atoms with Crippen LogP contribution in [0.3, 0.4) is 0 Å². The Morgan fingerprint density at radius 2 is 2.09 bits per heavy atom. The molecule has 0 aliphatic carbocycles. The zero-order chi connectivity index (χ0) is 8.85. The molecule has 0 aromatic heterocycles. The number of aliphatic hydroxyl groups is 1. The van der Waals surface area contributed by atoms with Crippen LogP contribution in [0.1, 0.15) is 20.3 Å². The van der Waals surface area contributed by atoms with Gasteiger partial charge in [0.1, 0.15) is 0 Å². The van der Waals surface area contributed by atoms with Gasteiger partial charge in [0.2, 0.25) is 0 Å². The van der Waals surface area contributed by atoms with Crippen molar-refractivity contribution in [2.45, 2.75) is 32.4 Å². The Hall–Kier alpha value is -0.120. The predicted octanol–water partition coefficient (Wildman–Crippen LogP) is 0.0363. The lowest BCUT2D eigenvalue weighted by molar-refractivity contribution is 0.318. The second-order valence-corrected chi connectivity index (χ2v) is 2.99. The molecule has 3 N–H and O–H groups in total. The third-order valence-corrected chi connectivity index (χ3v) is 2.13. The number of rotatable bonds is 0. The summed E-state index contributed by atoms with van der Waals surface area (Å²) in [6.07, 6.45) is 1.16. The molecule has 1 fully saturated rings. The maximum atomic E-state index is 7.57. The van der Waals surface area contributed by atoms with Crippen LogP contribution in [0, 0.1) is 0 Å². The number of likely N-dealkylation sites (tertiary alicyclic amines) is 1. The highest BCUT2D eigenvalue weighted by atomic mass is 16.2. The number of hydrogen-bond donors (Lipinski definition) is 2. The molecule has 1 aliphatic heterocycles. The van der Waals surface area contributed by atoms with Crippen molar-refractivity contribution in [3.8, 4) is 0 Å². The molecule has 11 heavy (non-hydrogen) atoms. The molecule has 0 amide bonds. The van der Waals surface area contributed by atoms with E-state index in [9.17, 15) is 0 Å². The van der Waals surface area contributed by atoms with E-state index < -0.39 is 0 Å². The van der Waals surface area contributed by atoms with Crippen LogP contribution in [0.15, 0.2) is 0 Å². The van der Waals surface area contributed by atoms with Crippen molar-refractivity contribution < 1.29 is 5.11 Å². The van der Waals surface area contributed by atoms with E-state index in [1.165, 1.54) is 6.54 Å². The van der Waals surface area contributed by atoms with E-state index in [4.69, 9.17) is 10.8 Å². The molecule has 3 nitrogen and oxygen atoms in total. The highest BCUT2D eigenvalue weighted by molar-refractivity contribution is 4.83. The topological polar surface area (TPSA) is 49.5 Å². The van der Waals surface area contributed by atoms with Crippen LogP contribution < -0.4 is 5.73 Å². The smallest absolute Gasteiger partial charge is 0.0402 e. The fourth-order valence-corrected chi connectivity index (χ4v) is 1.12. The Balaban J connectivity index is 0.000000292. The Morgan fingerprint density at radius 3 is 2.18 bits per heavy atom. The van der Waals surface area contributed by atoms with Gasteiger partial charge >= 0.3 is 0 Å². The first kappa shape index (κ1) is 10.9. The summed E-state index contributed by atoms with van der Waals surface area (Å²) in [6.45, 7) is 5.28. The quantitative estimate of drug-likeness (QED) is 0.526. The van der Waals surface area contributed by atoms with Gasteiger partial charge in [0, 0.05) is 18.7 Å². The maximum absolute atomic E-state index is 7.57. The minimum Gasteiger partial charge on any atom is -0.397 e. The molecule has 2 atom stereocenters. The molecule has 0 radical (unpaired) electrons. The summed E-state index contributed by atoms with van der Waals surface area (Å²) in [7, 11) is 2.12. The van der Waals surface area contributed by atoms with Crippen LogP contribution in [-0.4, -0.2) is 42.3 Å². The predicted molar refractivity (Wildman–Crippen MR) is 47.4 cm³/mol. The van der Waals surface area contributed by atoms with Crippen LogP contribution in [0.5, 0.6) is 0 Å². The van der Waals surface area contributed by atoms with Crippen molar-refractivity contribution in [2.75, 3.05) is 20.2 Å². The summed E-state index contributed by atoms with van der Waals surface area (Å²) in [5, 5.41) is 7.57. The molecule has 2 unspecified atom stereocenters. The van der Waals surface area contributed by atoms with Crippen molar-refractivity contribution in [1.29, 1.82) is 0 Å². The van der Waals surface area contributed by atoms with Gasteiger partial charge in [-0.25, -0.2) is 0 Å². The SMILES string of the molecule is CC1C(N)CCN1C.CCO. The lowest BCUT2D eigenvalue weighted by atomic mass is 10.2. The first-order valence-corrected chi connectivity index (χ1v) is 4.20. The number of hydrogen-bond acceptors (Lipinski definition) is 3. The van der Waals surface area contributed by atoms with E-state index in [1.807, 2.05) is 0 Å². The van der Waals surface area contributed by atoms with Crippen molar-refractivity contribution in [1.82, 2.24) is 4.90 Å². The molecule has 3 heteroatoms. The summed E-state index contributed by atoms with van der Waals surface area (Å²) in [4.78, 5) is 2.30. The summed E-state index contributed by atoms with van der Waals surface area (Å²) < 4.78 is 0. The Morgan fingerprint density at radius 1 is 1.64 bits per heavy atom. The second-order valence-electron chi connectivity index (χ2n) is 2.99. The highest BCUT2D eigenvalue weighted by Gasteiger charge is 2.23. The number of nitrogens with zero attached hydrogens (tertiary/aromatic N) is 1. The average molecular weight is 160 g/mol. The second kappa shape index (κ2) is 5.52. The fourth-order valence-electron chi connectivity index (χ4n) is 1.12. The van der Waals surface area contributed by atoms with Gasteiger partial charge in [-0.05, 0) is 33.9 Å². The summed E-state index contributed by atoms with van der Waals surface area (Å²) >= 11 is 0. The molecule has 1 heterocycles. The average Bonchev–Trinajstić information content (AvgIpc) is 2.22. The molecule has 1 saturated heterocycles. The molecular formula is C8H20N2O. The lowest BCUT2D eigenvalue weighted by Crippen LogP contribution is -2.34. The number of aliphatic hydroxyl groups excluding tert-OH is 1. The largest absolute Gasteiger partial charge is 0.397 e. The molecule has 0 spiro atoms. The molecule has 68 valence electrons. The van der Waals surface area contributed by atoms with Crippen LogP contribution in [0.4, 0.5) is 0 Å². The summed E-state index contributed by atoms with van der Waals surface area (Å²) in [5.41, 5.74) is 5.73. The molecule has 0 aromatic rings. The third-order valence-electron chi connectivity index (χ3n) is 2.13. The third kappa shape index (κ3) is 3.70. The van der Waals surface area contributed by atoms with E-state index >= 15 is 0 Å². The van der Waals surface area contributed by atoms with Crippen LogP contribution in [0.2, 0.25) is 0 Å². The fraction of sp³-hybridized carbons (Fsp3) is 1.00. The minimum absolute atomic E-state index is 0.250. The Kier molecular flexibility index (Phi) is 5.46. The van der Waals surface area contributed by atoms with Crippen molar-refractivity contribution in [3.63, 3.8) is 0 Å². The molecule has 0 aromatic carbocycles. The molecular weight excluding hydrogens is 140 g/mol. The van der Waals surface area contributed by atoms with E-state index in [0.29, 0.717) is 12.1 Å². The Bertz CT molecular complexity index is 88.1. The maximum Gasteiger partial charge on any atom is 0.0402 e. The Labute approximate surface area is 69.2 Å². The molecule has 0 bridgehead atoms. The van der Waals surface area contributed by atoms with Gasteiger partial charge < -0.3 is 15.7 Å². The monoisotopic (exact) mass is 160 g/mol. The zero-order valence-electron chi connectivity index (χ0n) is 7.75. The van der Waals surface area contributed by atoms with Gasteiger partial charge in [0.05, 0.1) is 0 Å². The minimum atomic E-state index is 0.250. The van der Waals surface area contributed by atoms with Gasteiger partial charge in [-0.2, -0.15) is 0 Å². The number of nitrogens with two attached hydrogens (primary N) is 1. The zero-order valence-corrected chi connectivity index (χ0v) is 7.75. The lowest BCUT2D eigenvalue weighted by Gasteiger charge is -2.16. The van der Waals surface area contributed by atoms with E-state index in [2.05, 4.69) is 18.9 Å². The molecule has 1 aliphatic rings. The van der Waals surface area contributed by atoms with Gasteiger partial charge in [-0.15, -0.1) is 0 Å². The van der Waals surface area contributed by atoms with Crippen molar-refractivity contribution in [3.05, 3.63) is 0 Å². The van der Waals surface area contributed by atoms with Crippen molar-refractivity contribution >= 4 is 0 Å². The van der Waals surface area contributed by atoms with Gasteiger partial charge in [0.15, 0.2) is 0 Å². The van der Waals surface area contributed by atoms with E-state index in [1.54, 1.807) is 6.92 Å². The highest BCUT2D eigenvalue weighted by Crippen LogP contribution is 2.11. The summed E-state index contributed by atoms with van der Waals surface area (Å²) in [6, 6.07) is 1.01. The van der Waals surface area contributed by atoms with Gasteiger partial charge in [-0.1, -0.05) is 0 Å². The van der Waals surface area contributed by atoms with Crippen LogP contribution >= 0.6 is 0 Å². The number of likely N-dealkylation sites (N-methyl/N-ethyl adjacent to an activating group) is 1.